The van der Waals surface area contributed by atoms with Crippen LogP contribution in [0.1, 0.15) is 5.56 Å². The van der Waals surface area contributed by atoms with Crippen LogP contribution in [0.3, 0.4) is 0 Å². The van der Waals surface area contributed by atoms with E-state index in [1.54, 1.807) is 0 Å². The molecule has 0 N–H and O–H groups in total. The summed E-state index contributed by atoms with van der Waals surface area (Å²) < 4.78 is 27.7. The van der Waals surface area contributed by atoms with Crippen molar-refractivity contribution in [1.82, 2.24) is 0 Å². The number of rotatable bonds is 4. The van der Waals surface area contributed by atoms with E-state index in [0.717, 1.165) is 5.56 Å². The lowest BCUT2D eigenvalue weighted by atomic mass is 10.2. The maximum atomic E-state index is 11.4. The molecule has 0 saturated carbocycles. The van der Waals surface area contributed by atoms with Crippen molar-refractivity contribution in [2.24, 2.45) is 0 Å². The molecule has 0 amide bonds. The molecule has 0 aromatic heterocycles. The van der Waals surface area contributed by atoms with Gasteiger partial charge in [-0.15, -0.1) is 0 Å². The predicted molar refractivity (Wildman–Crippen MR) is 53.7 cm³/mol. The van der Waals surface area contributed by atoms with Crippen LogP contribution in [0.15, 0.2) is 30.3 Å². The summed E-state index contributed by atoms with van der Waals surface area (Å²) in [5.41, 5.74) is 0.530. The summed E-state index contributed by atoms with van der Waals surface area (Å²) in [4.78, 5) is 0. The van der Waals surface area contributed by atoms with Gasteiger partial charge in [-0.05, 0) is 12.0 Å². The molecule has 1 saturated heterocycles. The van der Waals surface area contributed by atoms with E-state index < -0.39 is 15.3 Å². The van der Waals surface area contributed by atoms with E-state index in [1.165, 1.54) is 0 Å². The zero-order valence-corrected chi connectivity index (χ0v) is 8.53. The lowest BCUT2D eigenvalue weighted by molar-refractivity contribution is 0.445. The molecule has 0 aliphatic carbocycles. The van der Waals surface area contributed by atoms with Gasteiger partial charge in [-0.25, -0.2) is 8.42 Å². The highest BCUT2D eigenvalue weighted by Crippen LogP contribution is 2.18. The number of sulfone groups is 1. The van der Waals surface area contributed by atoms with Gasteiger partial charge in [-0.3, -0.25) is 0 Å². The molecule has 0 spiro atoms. The number of epoxide rings is 1. The first-order valence-corrected chi connectivity index (χ1v) is 6.27. The number of benzene rings is 1. The summed E-state index contributed by atoms with van der Waals surface area (Å²) in [5, 5.41) is 0. The Hall–Kier alpha value is -0.870. The summed E-state index contributed by atoms with van der Waals surface area (Å²) in [6.07, 6.45) is 0.572. The molecule has 14 heavy (non-hydrogen) atoms. The van der Waals surface area contributed by atoms with Gasteiger partial charge >= 0.3 is 0 Å². The molecule has 4 heteroatoms. The van der Waals surface area contributed by atoms with E-state index in [-0.39, 0.29) is 5.75 Å². The minimum atomic E-state index is -3.01. The summed E-state index contributed by atoms with van der Waals surface area (Å²) in [6.45, 7) is 0.372. The predicted octanol–water partition coefficient (Wildman–Crippen LogP) is 1.00. The first kappa shape index (κ1) is 9.68. The standard InChI is InChI=1S/C10H12O3S/c11-14(12,10-8-13-10)7-6-9-4-2-1-3-5-9/h1-5,10H,6-8H2. The van der Waals surface area contributed by atoms with E-state index in [2.05, 4.69) is 0 Å². The molecule has 2 rings (SSSR count). The fraction of sp³-hybridized carbons (Fsp3) is 0.400. The average Bonchev–Trinajstić information content (AvgIpc) is 3.00. The number of hydrogen-bond acceptors (Lipinski definition) is 3. The maximum absolute atomic E-state index is 11.4. The van der Waals surface area contributed by atoms with Crippen LogP contribution < -0.4 is 0 Å². The van der Waals surface area contributed by atoms with Gasteiger partial charge in [0.1, 0.15) is 0 Å². The highest BCUT2D eigenvalue weighted by atomic mass is 32.2. The smallest absolute Gasteiger partial charge is 0.182 e. The zero-order valence-electron chi connectivity index (χ0n) is 7.72. The minimum absolute atomic E-state index is 0.182. The van der Waals surface area contributed by atoms with Crippen molar-refractivity contribution >= 4 is 9.84 Å². The number of aryl methyl sites for hydroxylation is 1. The van der Waals surface area contributed by atoms with Crippen molar-refractivity contribution in [3.63, 3.8) is 0 Å². The number of hydrogen-bond donors (Lipinski definition) is 0. The van der Waals surface area contributed by atoms with Gasteiger partial charge in [0.2, 0.25) is 0 Å². The normalized spacial score (nSPS) is 20.7. The highest BCUT2D eigenvalue weighted by molar-refractivity contribution is 7.92. The van der Waals surface area contributed by atoms with Crippen molar-refractivity contribution in [2.45, 2.75) is 11.9 Å². The Kier molecular flexibility index (Phi) is 2.56. The van der Waals surface area contributed by atoms with E-state index in [1.807, 2.05) is 30.3 Å². The van der Waals surface area contributed by atoms with Crippen LogP contribution in [-0.4, -0.2) is 26.2 Å². The Balaban J connectivity index is 1.94. The van der Waals surface area contributed by atoms with Crippen LogP contribution in [0.25, 0.3) is 0 Å². The van der Waals surface area contributed by atoms with Crippen molar-refractivity contribution in [1.29, 1.82) is 0 Å². The third-order valence-corrected chi connectivity index (χ3v) is 4.07. The minimum Gasteiger partial charge on any atom is -0.356 e. The zero-order chi connectivity index (χ0) is 10.0. The van der Waals surface area contributed by atoms with Crippen LogP contribution >= 0.6 is 0 Å². The molecule has 0 radical (unpaired) electrons. The Bertz CT molecular complexity index is 393. The summed E-state index contributed by atoms with van der Waals surface area (Å²) >= 11 is 0. The molecule has 1 atom stereocenters. The fourth-order valence-electron chi connectivity index (χ4n) is 1.28. The lowest BCUT2D eigenvalue weighted by Gasteiger charge is -2.00. The van der Waals surface area contributed by atoms with Gasteiger partial charge in [0.25, 0.3) is 0 Å². The SMILES string of the molecule is O=S(=O)(CCc1ccccc1)C1CO1. The van der Waals surface area contributed by atoms with Gasteiger partial charge in [0.15, 0.2) is 15.3 Å². The summed E-state index contributed by atoms with van der Waals surface area (Å²) in [6, 6.07) is 9.61. The maximum Gasteiger partial charge on any atom is 0.182 e. The Morgan fingerprint density at radius 1 is 1.29 bits per heavy atom. The molecule has 1 heterocycles. The molecule has 1 aliphatic rings. The summed E-state index contributed by atoms with van der Waals surface area (Å²) in [7, 11) is -3.01. The van der Waals surface area contributed by atoms with E-state index >= 15 is 0 Å². The molecule has 1 fully saturated rings. The quantitative estimate of drug-likeness (QED) is 0.699. The van der Waals surface area contributed by atoms with Crippen LogP contribution in [0, 0.1) is 0 Å². The monoisotopic (exact) mass is 212 g/mol. The lowest BCUT2D eigenvalue weighted by Crippen LogP contribution is -2.14. The average molecular weight is 212 g/mol. The molecule has 1 aromatic carbocycles. The molecule has 1 aliphatic heterocycles. The second-order valence-corrected chi connectivity index (χ2v) is 5.63. The largest absolute Gasteiger partial charge is 0.356 e. The molecule has 0 bridgehead atoms. The third kappa shape index (κ3) is 2.33. The van der Waals surface area contributed by atoms with Gasteiger partial charge < -0.3 is 4.74 Å². The van der Waals surface area contributed by atoms with Crippen LogP contribution in [0.5, 0.6) is 0 Å². The Morgan fingerprint density at radius 2 is 1.93 bits per heavy atom. The van der Waals surface area contributed by atoms with Gasteiger partial charge in [-0.2, -0.15) is 0 Å². The topological polar surface area (TPSA) is 46.7 Å². The van der Waals surface area contributed by atoms with Crippen molar-refractivity contribution in [2.75, 3.05) is 12.4 Å². The second-order valence-electron chi connectivity index (χ2n) is 3.37. The molecule has 1 unspecified atom stereocenters. The van der Waals surface area contributed by atoms with Gasteiger partial charge in [-0.1, -0.05) is 30.3 Å². The Labute approximate surface area is 83.6 Å². The Morgan fingerprint density at radius 3 is 2.50 bits per heavy atom. The molecular weight excluding hydrogens is 200 g/mol. The third-order valence-electron chi connectivity index (χ3n) is 2.22. The fourth-order valence-corrected chi connectivity index (χ4v) is 2.56. The van der Waals surface area contributed by atoms with Gasteiger partial charge in [0, 0.05) is 0 Å². The molecule has 3 nitrogen and oxygen atoms in total. The van der Waals surface area contributed by atoms with E-state index in [9.17, 15) is 8.42 Å². The second kappa shape index (κ2) is 3.71. The summed E-state index contributed by atoms with van der Waals surface area (Å²) in [5.74, 6) is 0.182. The van der Waals surface area contributed by atoms with Crippen LogP contribution in [-0.2, 0) is 21.0 Å². The van der Waals surface area contributed by atoms with E-state index in [4.69, 9.17) is 4.74 Å². The first-order chi connectivity index (χ1) is 6.68. The highest BCUT2D eigenvalue weighted by Gasteiger charge is 2.36. The van der Waals surface area contributed by atoms with Crippen molar-refractivity contribution in [3.05, 3.63) is 35.9 Å². The van der Waals surface area contributed by atoms with E-state index in [0.29, 0.717) is 13.0 Å². The van der Waals surface area contributed by atoms with Crippen LogP contribution in [0.2, 0.25) is 0 Å². The van der Waals surface area contributed by atoms with Crippen molar-refractivity contribution < 1.29 is 13.2 Å². The first-order valence-electron chi connectivity index (χ1n) is 4.55. The van der Waals surface area contributed by atoms with Gasteiger partial charge in [0.05, 0.1) is 12.4 Å². The molecule has 1 aromatic rings. The molecular formula is C10H12O3S. The molecule has 76 valence electrons. The van der Waals surface area contributed by atoms with Crippen LogP contribution in [0.4, 0.5) is 0 Å². The van der Waals surface area contributed by atoms with Crippen molar-refractivity contribution in [3.8, 4) is 0 Å². The number of ether oxygens (including phenoxy) is 1.